The Kier molecular flexibility index (Phi) is 5.31. The Bertz CT molecular complexity index is 1120. The molecule has 6 nitrogen and oxygen atoms in total. The van der Waals surface area contributed by atoms with Crippen molar-refractivity contribution in [2.24, 2.45) is 0 Å². The number of carbonyl (C=O) groups is 1. The lowest BCUT2D eigenvalue weighted by atomic mass is 10.2. The maximum atomic E-state index is 12.5. The molecule has 3 aromatic heterocycles. The third-order valence-electron chi connectivity index (χ3n) is 4.10. The molecule has 0 unspecified atom stereocenters. The van der Waals surface area contributed by atoms with Crippen molar-refractivity contribution in [2.45, 2.75) is 11.9 Å². The van der Waals surface area contributed by atoms with Crippen LogP contribution in [0.1, 0.15) is 5.56 Å². The largest absolute Gasteiger partial charge is 0.495 e. The summed E-state index contributed by atoms with van der Waals surface area (Å²) < 4.78 is 7.11. The number of nitrogens with zero attached hydrogens (tertiary/aromatic N) is 3. The lowest BCUT2D eigenvalue weighted by molar-refractivity contribution is -0.113. The van der Waals surface area contributed by atoms with Crippen LogP contribution >= 0.6 is 23.1 Å². The number of hydrogen-bond donors (Lipinski definition) is 1. The molecule has 0 atom stereocenters. The molecule has 142 valence electrons. The van der Waals surface area contributed by atoms with E-state index < -0.39 is 0 Å². The highest BCUT2D eigenvalue weighted by molar-refractivity contribution is 8.00. The molecule has 0 saturated carbocycles. The van der Waals surface area contributed by atoms with Crippen LogP contribution in [0.4, 0.5) is 5.69 Å². The second-order valence-electron chi connectivity index (χ2n) is 6.11. The molecule has 0 saturated heterocycles. The summed E-state index contributed by atoms with van der Waals surface area (Å²) in [6.45, 7) is 1.97. The van der Waals surface area contributed by atoms with E-state index in [4.69, 9.17) is 4.74 Å². The topological polar surface area (TPSA) is 68.5 Å². The van der Waals surface area contributed by atoms with Gasteiger partial charge in [0.05, 0.1) is 28.9 Å². The van der Waals surface area contributed by atoms with Crippen LogP contribution in [0.5, 0.6) is 5.75 Å². The maximum absolute atomic E-state index is 12.5. The number of carbonyl (C=O) groups excluding carboxylic acids is 1. The van der Waals surface area contributed by atoms with E-state index in [0.717, 1.165) is 26.7 Å². The van der Waals surface area contributed by atoms with Crippen molar-refractivity contribution >= 4 is 40.2 Å². The van der Waals surface area contributed by atoms with E-state index in [1.54, 1.807) is 29.2 Å². The SMILES string of the molecule is COc1ccc(C)cc1NC(=O)CSc1nccn2nc(-c3cccs3)cc12. The summed E-state index contributed by atoms with van der Waals surface area (Å²) in [5.74, 6) is 0.764. The molecule has 0 aliphatic carbocycles. The van der Waals surface area contributed by atoms with Crippen LogP contribution < -0.4 is 10.1 Å². The molecule has 1 N–H and O–H groups in total. The van der Waals surface area contributed by atoms with Crippen LogP contribution in [-0.4, -0.2) is 33.4 Å². The summed E-state index contributed by atoms with van der Waals surface area (Å²) in [5, 5.41) is 10.3. The van der Waals surface area contributed by atoms with Gasteiger partial charge in [-0.1, -0.05) is 23.9 Å². The number of nitrogens with one attached hydrogen (secondary N) is 1. The van der Waals surface area contributed by atoms with Gasteiger partial charge < -0.3 is 10.1 Å². The first-order valence-corrected chi connectivity index (χ1v) is 10.5. The van der Waals surface area contributed by atoms with Gasteiger partial charge in [-0.05, 0) is 42.1 Å². The van der Waals surface area contributed by atoms with Crippen LogP contribution in [0.2, 0.25) is 0 Å². The number of amides is 1. The predicted molar refractivity (Wildman–Crippen MR) is 113 cm³/mol. The van der Waals surface area contributed by atoms with Gasteiger partial charge in [0.25, 0.3) is 0 Å². The number of fused-ring (bicyclic) bond motifs is 1. The van der Waals surface area contributed by atoms with Crippen molar-refractivity contribution in [3.8, 4) is 16.3 Å². The monoisotopic (exact) mass is 410 g/mol. The normalized spacial score (nSPS) is 10.9. The molecule has 0 radical (unpaired) electrons. The van der Waals surface area contributed by atoms with Crippen molar-refractivity contribution in [1.82, 2.24) is 14.6 Å². The van der Waals surface area contributed by atoms with E-state index in [-0.39, 0.29) is 11.7 Å². The van der Waals surface area contributed by atoms with Crippen molar-refractivity contribution in [3.63, 3.8) is 0 Å². The zero-order valence-electron chi connectivity index (χ0n) is 15.4. The third-order valence-corrected chi connectivity index (χ3v) is 5.98. The zero-order valence-corrected chi connectivity index (χ0v) is 17.0. The number of aromatic nitrogens is 3. The fraction of sp³-hybridized carbons (Fsp3) is 0.150. The number of rotatable bonds is 6. The summed E-state index contributed by atoms with van der Waals surface area (Å²) in [6, 6.07) is 11.7. The van der Waals surface area contributed by atoms with Gasteiger partial charge in [-0.2, -0.15) is 5.10 Å². The minimum Gasteiger partial charge on any atom is -0.495 e. The summed E-state index contributed by atoms with van der Waals surface area (Å²) >= 11 is 3.03. The van der Waals surface area contributed by atoms with Gasteiger partial charge in [0, 0.05) is 12.4 Å². The van der Waals surface area contributed by atoms with Crippen LogP contribution in [-0.2, 0) is 4.79 Å². The first-order valence-electron chi connectivity index (χ1n) is 8.59. The number of hydrogen-bond acceptors (Lipinski definition) is 6. The summed E-state index contributed by atoms with van der Waals surface area (Å²) in [7, 11) is 1.59. The quantitative estimate of drug-likeness (QED) is 0.474. The van der Waals surface area contributed by atoms with E-state index in [1.807, 2.05) is 54.9 Å². The number of ether oxygens (including phenoxy) is 1. The number of thioether (sulfide) groups is 1. The Hall–Kier alpha value is -2.84. The van der Waals surface area contributed by atoms with E-state index in [2.05, 4.69) is 15.4 Å². The van der Waals surface area contributed by atoms with Gasteiger partial charge in [0.2, 0.25) is 5.91 Å². The highest BCUT2D eigenvalue weighted by Crippen LogP contribution is 2.29. The molecule has 4 rings (SSSR count). The Morgan fingerprint density at radius 2 is 2.21 bits per heavy atom. The Morgan fingerprint density at radius 3 is 3.00 bits per heavy atom. The van der Waals surface area contributed by atoms with Crippen molar-refractivity contribution < 1.29 is 9.53 Å². The molecule has 0 aliphatic heterocycles. The van der Waals surface area contributed by atoms with Gasteiger partial charge in [0.15, 0.2) is 0 Å². The number of benzene rings is 1. The van der Waals surface area contributed by atoms with Crippen LogP contribution in [0.25, 0.3) is 16.1 Å². The Balaban J connectivity index is 1.50. The lowest BCUT2D eigenvalue weighted by Crippen LogP contribution is -2.15. The van der Waals surface area contributed by atoms with Crippen LogP contribution in [0, 0.1) is 6.92 Å². The Labute approximate surface area is 170 Å². The zero-order chi connectivity index (χ0) is 19.5. The second-order valence-corrected chi connectivity index (χ2v) is 8.02. The summed E-state index contributed by atoms with van der Waals surface area (Å²) in [5.41, 5.74) is 3.51. The van der Waals surface area contributed by atoms with Gasteiger partial charge in [-0.3, -0.25) is 4.79 Å². The van der Waals surface area contributed by atoms with E-state index in [0.29, 0.717) is 11.4 Å². The molecule has 8 heteroatoms. The summed E-state index contributed by atoms with van der Waals surface area (Å²) in [4.78, 5) is 18.0. The number of anilines is 1. The van der Waals surface area contributed by atoms with Crippen molar-refractivity contribution in [2.75, 3.05) is 18.2 Å². The van der Waals surface area contributed by atoms with Crippen LogP contribution in [0.3, 0.4) is 0 Å². The smallest absolute Gasteiger partial charge is 0.234 e. The molecule has 1 amide bonds. The molecule has 3 heterocycles. The third kappa shape index (κ3) is 3.88. The fourth-order valence-corrected chi connectivity index (χ4v) is 4.25. The Morgan fingerprint density at radius 1 is 1.32 bits per heavy atom. The molecule has 4 aromatic rings. The van der Waals surface area contributed by atoms with Gasteiger partial charge in [0.1, 0.15) is 16.5 Å². The highest BCUT2D eigenvalue weighted by Gasteiger charge is 2.13. The molecule has 0 bridgehead atoms. The van der Waals surface area contributed by atoms with Gasteiger partial charge in [-0.15, -0.1) is 11.3 Å². The molecular formula is C20H18N4O2S2. The molecule has 0 aliphatic rings. The minimum atomic E-state index is -0.115. The molecular weight excluding hydrogens is 392 g/mol. The standard InChI is InChI=1S/C20H18N4O2S2/c1-13-5-6-17(26-2)14(10-13)22-19(25)12-28-20-16-11-15(18-4-3-9-27-18)23-24(16)8-7-21-20/h3-11H,12H2,1-2H3,(H,22,25). The average Bonchev–Trinajstić information content (AvgIpc) is 3.36. The molecule has 1 aromatic carbocycles. The molecule has 0 spiro atoms. The average molecular weight is 411 g/mol. The molecule has 28 heavy (non-hydrogen) atoms. The predicted octanol–water partition coefficient (Wildman–Crippen LogP) is 4.51. The fourth-order valence-electron chi connectivity index (χ4n) is 2.79. The van der Waals surface area contributed by atoms with Gasteiger partial charge in [-0.25, -0.2) is 9.50 Å². The number of methoxy groups -OCH3 is 1. The van der Waals surface area contributed by atoms with Crippen LogP contribution in [0.15, 0.2) is 59.2 Å². The van der Waals surface area contributed by atoms with E-state index in [1.165, 1.54) is 11.8 Å². The minimum absolute atomic E-state index is 0.115. The summed E-state index contributed by atoms with van der Waals surface area (Å²) in [6.07, 6.45) is 3.51. The first-order chi connectivity index (χ1) is 13.6. The number of thiophene rings is 1. The molecule has 0 fully saturated rings. The van der Waals surface area contributed by atoms with Crippen molar-refractivity contribution in [1.29, 1.82) is 0 Å². The van der Waals surface area contributed by atoms with Gasteiger partial charge >= 0.3 is 0 Å². The van der Waals surface area contributed by atoms with Crippen molar-refractivity contribution in [3.05, 3.63) is 59.7 Å². The highest BCUT2D eigenvalue weighted by atomic mass is 32.2. The second kappa shape index (κ2) is 8.04. The van der Waals surface area contributed by atoms with E-state index in [9.17, 15) is 4.79 Å². The van der Waals surface area contributed by atoms with E-state index >= 15 is 0 Å². The maximum Gasteiger partial charge on any atom is 0.234 e. The first kappa shape index (κ1) is 18.5. The number of aryl methyl sites for hydroxylation is 1. The lowest BCUT2D eigenvalue weighted by Gasteiger charge is -2.11.